The van der Waals surface area contributed by atoms with Gasteiger partial charge in [-0.3, -0.25) is 4.79 Å². The lowest BCUT2D eigenvalue weighted by Crippen LogP contribution is -2.44. The molecule has 84 valence electrons. The molecule has 2 heteroatoms. The zero-order valence-electron chi connectivity index (χ0n) is 9.79. The maximum Gasteiger partial charge on any atom is 0.166 e. The van der Waals surface area contributed by atoms with Crippen molar-refractivity contribution in [1.29, 1.82) is 0 Å². The van der Waals surface area contributed by atoms with Crippen molar-refractivity contribution >= 4 is 5.78 Å². The van der Waals surface area contributed by atoms with E-state index in [-0.39, 0.29) is 11.2 Å². The predicted octanol–water partition coefficient (Wildman–Crippen LogP) is 2.32. The Morgan fingerprint density at radius 3 is 2.73 bits per heavy atom. The van der Waals surface area contributed by atoms with Crippen molar-refractivity contribution in [2.24, 2.45) is 17.3 Å². The molecule has 0 spiro atoms. The topological polar surface area (TPSA) is 37.3 Å². The second kappa shape index (κ2) is 3.44. The van der Waals surface area contributed by atoms with Crippen LogP contribution in [0.4, 0.5) is 0 Å². The molecule has 0 aromatic rings. The van der Waals surface area contributed by atoms with Crippen molar-refractivity contribution in [1.82, 2.24) is 0 Å². The number of hydrogen-bond acceptors (Lipinski definition) is 2. The first-order valence-corrected chi connectivity index (χ1v) is 5.84. The first-order chi connectivity index (χ1) is 6.92. The second-order valence-corrected chi connectivity index (χ2v) is 5.81. The standard InChI is InChI=1S/C13H20O2/c1-8-4-5-10-9(6-8)12(15)11(14)7-13(10,2)3/h6,8,10,12,15H,4-5,7H2,1-3H3. The zero-order chi connectivity index (χ0) is 11.2. The fourth-order valence-corrected chi connectivity index (χ4v) is 3.10. The molecule has 1 N–H and O–H groups in total. The monoisotopic (exact) mass is 208 g/mol. The summed E-state index contributed by atoms with van der Waals surface area (Å²) in [5, 5.41) is 9.91. The molecule has 0 heterocycles. The Morgan fingerprint density at radius 1 is 1.40 bits per heavy atom. The van der Waals surface area contributed by atoms with E-state index in [2.05, 4.69) is 26.8 Å². The number of allylic oxidation sites excluding steroid dienone is 1. The first kappa shape index (κ1) is 10.9. The Labute approximate surface area is 91.4 Å². The molecule has 1 saturated carbocycles. The van der Waals surface area contributed by atoms with Crippen molar-refractivity contribution in [3.63, 3.8) is 0 Å². The molecule has 3 atom stereocenters. The Bertz CT molecular complexity index is 314. The summed E-state index contributed by atoms with van der Waals surface area (Å²) in [7, 11) is 0. The van der Waals surface area contributed by atoms with E-state index >= 15 is 0 Å². The van der Waals surface area contributed by atoms with Crippen LogP contribution in [0.2, 0.25) is 0 Å². The van der Waals surface area contributed by atoms with Gasteiger partial charge >= 0.3 is 0 Å². The Morgan fingerprint density at radius 2 is 2.07 bits per heavy atom. The van der Waals surface area contributed by atoms with Crippen LogP contribution in [-0.2, 0) is 4.79 Å². The van der Waals surface area contributed by atoms with Crippen LogP contribution >= 0.6 is 0 Å². The minimum atomic E-state index is -0.814. The quantitative estimate of drug-likeness (QED) is 0.620. The van der Waals surface area contributed by atoms with Crippen molar-refractivity contribution in [3.8, 4) is 0 Å². The third-order valence-electron chi connectivity index (χ3n) is 3.98. The molecule has 3 unspecified atom stereocenters. The lowest BCUT2D eigenvalue weighted by Gasteiger charge is -2.44. The maximum atomic E-state index is 11.7. The van der Waals surface area contributed by atoms with Crippen LogP contribution in [-0.4, -0.2) is 17.0 Å². The number of aliphatic hydroxyl groups is 1. The van der Waals surface area contributed by atoms with Gasteiger partial charge in [0.25, 0.3) is 0 Å². The summed E-state index contributed by atoms with van der Waals surface area (Å²) in [5.41, 5.74) is 1.03. The first-order valence-electron chi connectivity index (χ1n) is 5.84. The summed E-state index contributed by atoms with van der Waals surface area (Å²) in [6.45, 7) is 6.44. The highest BCUT2D eigenvalue weighted by molar-refractivity contribution is 5.88. The van der Waals surface area contributed by atoms with Crippen LogP contribution < -0.4 is 0 Å². The van der Waals surface area contributed by atoms with Crippen LogP contribution in [0.5, 0.6) is 0 Å². The molecule has 0 aromatic carbocycles. The van der Waals surface area contributed by atoms with Crippen molar-refractivity contribution in [2.75, 3.05) is 0 Å². The van der Waals surface area contributed by atoms with Gasteiger partial charge in [0.05, 0.1) is 0 Å². The molecule has 0 radical (unpaired) electrons. The molecule has 0 amide bonds. The van der Waals surface area contributed by atoms with Crippen LogP contribution in [0, 0.1) is 17.3 Å². The van der Waals surface area contributed by atoms with Gasteiger partial charge in [-0.1, -0.05) is 26.8 Å². The van der Waals surface area contributed by atoms with Gasteiger partial charge in [0.1, 0.15) is 6.10 Å². The summed E-state index contributed by atoms with van der Waals surface area (Å²) in [6.07, 6.45) is 4.12. The largest absolute Gasteiger partial charge is 0.381 e. The van der Waals surface area contributed by atoms with Crippen LogP contribution in [0.3, 0.4) is 0 Å². The third-order valence-corrected chi connectivity index (χ3v) is 3.98. The Kier molecular flexibility index (Phi) is 2.50. The lowest BCUT2D eigenvalue weighted by atomic mass is 9.60. The van der Waals surface area contributed by atoms with E-state index in [9.17, 15) is 9.90 Å². The zero-order valence-corrected chi connectivity index (χ0v) is 9.79. The fraction of sp³-hybridized carbons (Fsp3) is 0.769. The normalized spacial score (nSPS) is 39.6. The number of fused-ring (bicyclic) bond motifs is 1. The highest BCUT2D eigenvalue weighted by Crippen LogP contribution is 2.47. The molecular weight excluding hydrogens is 188 g/mol. The van der Waals surface area contributed by atoms with Crippen LogP contribution in [0.1, 0.15) is 40.0 Å². The lowest BCUT2D eigenvalue weighted by molar-refractivity contribution is -0.131. The molecule has 2 rings (SSSR count). The third kappa shape index (κ3) is 1.76. The van der Waals surface area contributed by atoms with Crippen molar-refractivity contribution in [3.05, 3.63) is 11.6 Å². The van der Waals surface area contributed by atoms with Gasteiger partial charge in [-0.05, 0) is 35.7 Å². The summed E-state index contributed by atoms with van der Waals surface area (Å²) >= 11 is 0. The number of hydrogen-bond donors (Lipinski definition) is 1. The molecule has 0 aromatic heterocycles. The maximum absolute atomic E-state index is 11.7. The van der Waals surface area contributed by atoms with E-state index in [1.807, 2.05) is 0 Å². The van der Waals surface area contributed by atoms with Gasteiger partial charge in [0.2, 0.25) is 0 Å². The molecule has 2 aliphatic rings. The van der Waals surface area contributed by atoms with E-state index in [0.29, 0.717) is 18.3 Å². The minimum Gasteiger partial charge on any atom is -0.381 e. The SMILES string of the molecule is CC1C=C2C(O)C(=O)CC(C)(C)C2CC1. The predicted molar refractivity (Wildman–Crippen MR) is 59.4 cm³/mol. The molecule has 0 aliphatic heterocycles. The summed E-state index contributed by atoms with van der Waals surface area (Å²) in [4.78, 5) is 11.7. The average Bonchev–Trinajstić information content (AvgIpc) is 2.13. The number of aliphatic hydroxyl groups excluding tert-OH is 1. The van der Waals surface area contributed by atoms with Gasteiger partial charge in [0, 0.05) is 6.42 Å². The Hall–Kier alpha value is -0.630. The number of ketones is 1. The highest BCUT2D eigenvalue weighted by atomic mass is 16.3. The van der Waals surface area contributed by atoms with Crippen LogP contribution in [0.25, 0.3) is 0 Å². The van der Waals surface area contributed by atoms with Gasteiger partial charge in [-0.25, -0.2) is 0 Å². The number of Topliss-reactive ketones (excluding diaryl/α,β-unsaturated/α-hetero) is 1. The minimum absolute atomic E-state index is 0.00315. The second-order valence-electron chi connectivity index (χ2n) is 5.81. The van der Waals surface area contributed by atoms with E-state index in [4.69, 9.17) is 0 Å². The molecular formula is C13H20O2. The summed E-state index contributed by atoms with van der Waals surface area (Å²) < 4.78 is 0. The van der Waals surface area contributed by atoms with E-state index in [1.54, 1.807) is 0 Å². The van der Waals surface area contributed by atoms with Crippen molar-refractivity contribution in [2.45, 2.75) is 46.1 Å². The van der Waals surface area contributed by atoms with Gasteiger partial charge in [-0.15, -0.1) is 0 Å². The molecule has 2 nitrogen and oxygen atoms in total. The highest BCUT2D eigenvalue weighted by Gasteiger charge is 2.45. The van der Waals surface area contributed by atoms with Gasteiger partial charge in [-0.2, -0.15) is 0 Å². The van der Waals surface area contributed by atoms with Crippen molar-refractivity contribution < 1.29 is 9.90 Å². The molecule has 2 aliphatic carbocycles. The van der Waals surface area contributed by atoms with E-state index < -0.39 is 6.10 Å². The number of rotatable bonds is 0. The van der Waals surface area contributed by atoms with E-state index in [0.717, 1.165) is 12.0 Å². The fourth-order valence-electron chi connectivity index (χ4n) is 3.10. The molecule has 0 bridgehead atoms. The van der Waals surface area contributed by atoms with E-state index in [1.165, 1.54) is 6.42 Å². The molecule has 1 fully saturated rings. The number of carbonyl (C=O) groups excluding carboxylic acids is 1. The van der Waals surface area contributed by atoms with Gasteiger partial charge < -0.3 is 5.11 Å². The summed E-state index contributed by atoms with van der Waals surface area (Å²) in [5.74, 6) is 0.908. The average molecular weight is 208 g/mol. The summed E-state index contributed by atoms with van der Waals surface area (Å²) in [6, 6.07) is 0. The smallest absolute Gasteiger partial charge is 0.166 e. The number of carbonyl (C=O) groups is 1. The Balaban J connectivity index is 2.38. The molecule has 15 heavy (non-hydrogen) atoms. The van der Waals surface area contributed by atoms with Gasteiger partial charge in [0.15, 0.2) is 5.78 Å². The van der Waals surface area contributed by atoms with Crippen LogP contribution in [0.15, 0.2) is 11.6 Å². The molecule has 0 saturated heterocycles.